The molecule has 2 aromatic heterocycles. The van der Waals surface area contributed by atoms with E-state index < -0.39 is 5.97 Å². The number of aromatic amines is 1. The summed E-state index contributed by atoms with van der Waals surface area (Å²) in [6, 6.07) is 2.78. The lowest BCUT2D eigenvalue weighted by molar-refractivity contribution is 0.0697. The normalized spacial score (nSPS) is 10.0. The molecule has 0 aromatic carbocycles. The Kier molecular flexibility index (Phi) is 1.90. The number of aromatic carboxylic acids is 1. The van der Waals surface area contributed by atoms with Crippen LogP contribution in [0.15, 0.2) is 18.3 Å². The van der Waals surface area contributed by atoms with E-state index in [2.05, 4.69) is 25.6 Å². The summed E-state index contributed by atoms with van der Waals surface area (Å²) in [6.45, 7) is 0. The fraction of sp³-hybridized carbons (Fsp3) is 0. The van der Waals surface area contributed by atoms with E-state index in [1.165, 1.54) is 18.3 Å². The van der Waals surface area contributed by atoms with E-state index >= 15 is 0 Å². The summed E-state index contributed by atoms with van der Waals surface area (Å²) in [6.07, 6.45) is 1.38. The van der Waals surface area contributed by atoms with Gasteiger partial charge in [0.2, 0.25) is 5.82 Å². The van der Waals surface area contributed by atoms with Gasteiger partial charge in [0.15, 0.2) is 0 Å². The summed E-state index contributed by atoms with van der Waals surface area (Å²) in [5.41, 5.74) is 0.512. The summed E-state index contributed by atoms with van der Waals surface area (Å²) >= 11 is 0. The molecule has 7 heteroatoms. The number of rotatable bonds is 2. The van der Waals surface area contributed by atoms with E-state index in [1.54, 1.807) is 0 Å². The van der Waals surface area contributed by atoms with Crippen LogP contribution in [0.5, 0.6) is 0 Å². The fourth-order valence-corrected chi connectivity index (χ4v) is 0.956. The zero-order chi connectivity index (χ0) is 9.97. The zero-order valence-electron chi connectivity index (χ0n) is 6.88. The third-order valence-corrected chi connectivity index (χ3v) is 1.58. The largest absolute Gasteiger partial charge is 0.478 e. The van der Waals surface area contributed by atoms with Crippen LogP contribution in [0, 0.1) is 0 Å². The van der Waals surface area contributed by atoms with Crippen molar-refractivity contribution < 1.29 is 9.90 Å². The van der Waals surface area contributed by atoms with Crippen LogP contribution in [0.2, 0.25) is 0 Å². The molecule has 14 heavy (non-hydrogen) atoms. The Morgan fingerprint density at radius 2 is 2.36 bits per heavy atom. The molecular weight excluding hydrogens is 186 g/mol. The first-order valence-electron chi connectivity index (χ1n) is 3.70. The first-order chi connectivity index (χ1) is 6.77. The van der Waals surface area contributed by atoms with Crippen molar-refractivity contribution in [3.63, 3.8) is 0 Å². The summed E-state index contributed by atoms with van der Waals surface area (Å²) in [7, 11) is 0. The molecule has 0 bridgehead atoms. The Balaban J connectivity index is 2.46. The molecule has 0 amide bonds. The molecule has 7 nitrogen and oxygen atoms in total. The van der Waals surface area contributed by atoms with Crippen molar-refractivity contribution in [2.45, 2.75) is 0 Å². The summed E-state index contributed by atoms with van der Waals surface area (Å²) < 4.78 is 0. The van der Waals surface area contributed by atoms with Crippen molar-refractivity contribution in [1.82, 2.24) is 25.6 Å². The highest BCUT2D eigenvalue weighted by atomic mass is 16.4. The van der Waals surface area contributed by atoms with Gasteiger partial charge in [-0.3, -0.25) is 4.98 Å². The molecule has 70 valence electrons. The van der Waals surface area contributed by atoms with Crippen LogP contribution in [0.25, 0.3) is 11.5 Å². The number of hydrogen-bond acceptors (Lipinski definition) is 5. The molecule has 2 rings (SSSR count). The Labute approximate surface area is 77.8 Å². The molecule has 0 fully saturated rings. The number of carbonyl (C=O) groups is 1. The second-order valence-electron chi connectivity index (χ2n) is 2.47. The van der Waals surface area contributed by atoms with Gasteiger partial charge in [0.25, 0.3) is 0 Å². The van der Waals surface area contributed by atoms with Crippen LogP contribution in [0.1, 0.15) is 10.4 Å². The molecule has 2 N–H and O–H groups in total. The molecule has 2 aromatic rings. The predicted molar refractivity (Wildman–Crippen MR) is 44.4 cm³/mol. The summed E-state index contributed by atoms with van der Waals surface area (Å²) in [4.78, 5) is 14.5. The van der Waals surface area contributed by atoms with Gasteiger partial charge >= 0.3 is 5.97 Å². The molecule has 0 unspecified atom stereocenters. The van der Waals surface area contributed by atoms with E-state index in [9.17, 15) is 4.79 Å². The molecule has 0 aliphatic carbocycles. The number of hydrogen-bond donors (Lipinski definition) is 2. The maximum atomic E-state index is 10.6. The monoisotopic (exact) mass is 191 g/mol. The second-order valence-corrected chi connectivity index (χ2v) is 2.47. The minimum atomic E-state index is -1.02. The highest BCUT2D eigenvalue weighted by molar-refractivity contribution is 5.88. The Bertz CT molecular complexity index is 453. The van der Waals surface area contributed by atoms with Crippen molar-refractivity contribution in [3.05, 3.63) is 23.9 Å². The first-order valence-corrected chi connectivity index (χ1v) is 3.70. The minimum Gasteiger partial charge on any atom is -0.478 e. The van der Waals surface area contributed by atoms with E-state index in [-0.39, 0.29) is 11.4 Å². The second kappa shape index (κ2) is 3.21. The maximum Gasteiger partial charge on any atom is 0.335 e. The van der Waals surface area contributed by atoms with Crippen LogP contribution in [0.4, 0.5) is 0 Å². The zero-order valence-corrected chi connectivity index (χ0v) is 6.88. The molecule has 0 aliphatic rings. The third kappa shape index (κ3) is 1.42. The van der Waals surface area contributed by atoms with Crippen LogP contribution < -0.4 is 0 Å². The van der Waals surface area contributed by atoms with E-state index in [0.717, 1.165) is 0 Å². The average Bonchev–Trinajstić information content (AvgIpc) is 2.71. The van der Waals surface area contributed by atoms with E-state index in [4.69, 9.17) is 5.11 Å². The third-order valence-electron chi connectivity index (χ3n) is 1.58. The standard InChI is InChI=1S/C7H5N5O2/c13-7(14)4-1-2-8-5(3-4)6-9-11-12-10-6/h1-3H,(H,13,14)(H,9,10,11,12). The van der Waals surface area contributed by atoms with Gasteiger partial charge < -0.3 is 5.11 Å². The van der Waals surface area contributed by atoms with Crippen LogP contribution in [-0.2, 0) is 0 Å². The number of H-pyrrole nitrogens is 1. The smallest absolute Gasteiger partial charge is 0.335 e. The maximum absolute atomic E-state index is 10.6. The molecule has 0 atom stereocenters. The Morgan fingerprint density at radius 1 is 1.50 bits per heavy atom. The quantitative estimate of drug-likeness (QED) is 0.690. The topological polar surface area (TPSA) is 105 Å². The number of aromatic nitrogens is 5. The number of pyridine rings is 1. The van der Waals surface area contributed by atoms with Crippen LogP contribution in [0.3, 0.4) is 0 Å². The van der Waals surface area contributed by atoms with Gasteiger partial charge in [0, 0.05) is 6.20 Å². The van der Waals surface area contributed by atoms with Crippen LogP contribution >= 0.6 is 0 Å². The number of carboxylic acids is 1. The Morgan fingerprint density at radius 3 is 3.00 bits per heavy atom. The van der Waals surface area contributed by atoms with E-state index in [0.29, 0.717) is 5.69 Å². The van der Waals surface area contributed by atoms with Crippen LogP contribution in [-0.4, -0.2) is 36.7 Å². The lowest BCUT2D eigenvalue weighted by Crippen LogP contribution is -1.97. The number of nitrogens with one attached hydrogen (secondary N) is 1. The first kappa shape index (κ1) is 8.30. The van der Waals surface area contributed by atoms with Gasteiger partial charge in [-0.05, 0) is 17.3 Å². The van der Waals surface area contributed by atoms with E-state index in [1.807, 2.05) is 0 Å². The molecule has 0 aliphatic heterocycles. The predicted octanol–water partition coefficient (Wildman–Crippen LogP) is -0.0401. The summed E-state index contributed by atoms with van der Waals surface area (Å²) in [5.74, 6) is -0.745. The lowest BCUT2D eigenvalue weighted by atomic mass is 10.2. The molecule has 0 saturated heterocycles. The van der Waals surface area contributed by atoms with Crippen molar-refractivity contribution in [2.75, 3.05) is 0 Å². The van der Waals surface area contributed by atoms with Gasteiger partial charge in [-0.1, -0.05) is 0 Å². The van der Waals surface area contributed by atoms with Gasteiger partial charge in [0.1, 0.15) is 5.69 Å². The molecule has 2 heterocycles. The molecular formula is C7H5N5O2. The molecule has 0 saturated carbocycles. The number of carboxylic acid groups (broad SMARTS) is 1. The fourth-order valence-electron chi connectivity index (χ4n) is 0.956. The number of nitrogens with zero attached hydrogens (tertiary/aromatic N) is 4. The summed E-state index contributed by atoms with van der Waals surface area (Å²) in [5, 5.41) is 21.7. The molecule has 0 spiro atoms. The lowest BCUT2D eigenvalue weighted by Gasteiger charge is -1.95. The van der Waals surface area contributed by atoms with Gasteiger partial charge in [-0.2, -0.15) is 5.21 Å². The van der Waals surface area contributed by atoms with Gasteiger partial charge in [-0.25, -0.2) is 4.79 Å². The Hall–Kier alpha value is -2.31. The molecule has 0 radical (unpaired) electrons. The van der Waals surface area contributed by atoms with Crippen molar-refractivity contribution in [3.8, 4) is 11.5 Å². The highest BCUT2D eigenvalue weighted by Crippen LogP contribution is 2.10. The van der Waals surface area contributed by atoms with Crippen molar-refractivity contribution in [2.24, 2.45) is 0 Å². The minimum absolute atomic E-state index is 0.139. The van der Waals surface area contributed by atoms with Gasteiger partial charge in [0.05, 0.1) is 5.56 Å². The van der Waals surface area contributed by atoms with Gasteiger partial charge in [-0.15, -0.1) is 10.2 Å². The van der Waals surface area contributed by atoms with Crippen molar-refractivity contribution >= 4 is 5.97 Å². The highest BCUT2D eigenvalue weighted by Gasteiger charge is 2.08. The number of tetrazole rings is 1. The average molecular weight is 191 g/mol. The SMILES string of the molecule is O=C(O)c1ccnc(-c2nn[nH]n2)c1. The van der Waals surface area contributed by atoms with Crippen molar-refractivity contribution in [1.29, 1.82) is 0 Å².